The second-order valence-corrected chi connectivity index (χ2v) is 5.00. The largest absolute Gasteiger partial charge is 0.368 e. The lowest BCUT2D eigenvalue weighted by molar-refractivity contribution is 0.816. The number of rotatable bonds is 4. The van der Waals surface area contributed by atoms with Crippen LogP contribution in [-0.2, 0) is 0 Å². The molecule has 0 aliphatic heterocycles. The van der Waals surface area contributed by atoms with Crippen molar-refractivity contribution in [2.75, 3.05) is 23.7 Å². The molecule has 2 aromatic rings. The number of anilines is 2. The Morgan fingerprint density at radius 1 is 1.22 bits per heavy atom. The summed E-state index contributed by atoms with van der Waals surface area (Å²) in [5.74, 6) is 1.57. The molecule has 6 heteroatoms. The van der Waals surface area contributed by atoms with E-state index in [0.717, 1.165) is 18.7 Å². The zero-order chi connectivity index (χ0) is 13.1. The summed E-state index contributed by atoms with van der Waals surface area (Å²) in [5.41, 5.74) is 6.81. The number of nitrogens with two attached hydrogens (primary N) is 1. The van der Waals surface area contributed by atoms with Crippen LogP contribution in [0.3, 0.4) is 0 Å². The Hall–Kier alpha value is -1.69. The summed E-state index contributed by atoms with van der Waals surface area (Å²) in [4.78, 5) is 16.2. The van der Waals surface area contributed by atoms with E-state index in [1.165, 1.54) is 4.88 Å². The molecule has 2 heterocycles. The van der Waals surface area contributed by atoms with Crippen LogP contribution < -0.4 is 10.6 Å². The van der Waals surface area contributed by atoms with Crippen molar-refractivity contribution >= 4 is 23.2 Å². The van der Waals surface area contributed by atoms with Gasteiger partial charge in [0.15, 0.2) is 5.82 Å². The fourth-order valence-electron chi connectivity index (χ4n) is 1.77. The molecule has 0 unspecified atom stereocenters. The summed E-state index contributed by atoms with van der Waals surface area (Å²) < 4.78 is 0. The van der Waals surface area contributed by atoms with Gasteiger partial charge in [-0.3, -0.25) is 0 Å². The van der Waals surface area contributed by atoms with E-state index in [1.54, 1.807) is 11.3 Å². The number of hydrogen-bond donors (Lipinski definition) is 1. The molecule has 0 bridgehead atoms. The predicted molar refractivity (Wildman–Crippen MR) is 75.9 cm³/mol. The first-order valence-electron chi connectivity index (χ1n) is 5.96. The van der Waals surface area contributed by atoms with Gasteiger partial charge in [0.25, 0.3) is 0 Å². The molecule has 0 aliphatic carbocycles. The predicted octanol–water partition coefficient (Wildman–Crippen LogP) is 2.34. The summed E-state index contributed by atoms with van der Waals surface area (Å²) >= 11 is 1.68. The molecule has 18 heavy (non-hydrogen) atoms. The molecule has 0 radical (unpaired) electrons. The van der Waals surface area contributed by atoms with E-state index in [1.807, 2.05) is 11.4 Å². The minimum Gasteiger partial charge on any atom is -0.368 e. The first-order chi connectivity index (χ1) is 8.65. The highest BCUT2D eigenvalue weighted by Crippen LogP contribution is 2.26. The molecule has 5 nitrogen and oxygen atoms in total. The fraction of sp³-hybridized carbons (Fsp3) is 0.417. The van der Waals surface area contributed by atoms with Gasteiger partial charge in [-0.25, -0.2) is 0 Å². The number of aryl methyl sites for hydroxylation is 1. The van der Waals surface area contributed by atoms with Crippen molar-refractivity contribution in [3.8, 4) is 11.4 Å². The van der Waals surface area contributed by atoms with Crippen LogP contribution in [0.15, 0.2) is 11.4 Å². The first kappa shape index (κ1) is 12.8. The van der Waals surface area contributed by atoms with E-state index in [0.29, 0.717) is 11.8 Å². The minimum absolute atomic E-state index is 0.271. The summed E-state index contributed by atoms with van der Waals surface area (Å²) in [6, 6.07) is 2.01. The molecular formula is C12H17N5S. The molecule has 2 rings (SSSR count). The maximum atomic E-state index is 5.78. The van der Waals surface area contributed by atoms with Crippen molar-refractivity contribution in [1.82, 2.24) is 15.0 Å². The van der Waals surface area contributed by atoms with Crippen molar-refractivity contribution in [2.45, 2.75) is 20.8 Å². The maximum absolute atomic E-state index is 5.78. The van der Waals surface area contributed by atoms with Crippen LogP contribution >= 0.6 is 11.3 Å². The van der Waals surface area contributed by atoms with Gasteiger partial charge in [-0.05, 0) is 32.2 Å². The fourth-order valence-corrected chi connectivity index (χ4v) is 2.46. The average molecular weight is 263 g/mol. The quantitative estimate of drug-likeness (QED) is 0.917. The van der Waals surface area contributed by atoms with E-state index in [2.05, 4.69) is 40.6 Å². The van der Waals surface area contributed by atoms with Crippen molar-refractivity contribution in [2.24, 2.45) is 0 Å². The zero-order valence-electron chi connectivity index (χ0n) is 10.8. The van der Waals surface area contributed by atoms with Crippen LogP contribution in [0.4, 0.5) is 11.9 Å². The van der Waals surface area contributed by atoms with Gasteiger partial charge in [0.2, 0.25) is 11.9 Å². The molecule has 96 valence electrons. The third-order valence-electron chi connectivity index (χ3n) is 2.79. The van der Waals surface area contributed by atoms with Gasteiger partial charge in [0.1, 0.15) is 0 Å². The highest BCUT2D eigenvalue weighted by atomic mass is 32.1. The smallest absolute Gasteiger partial charge is 0.230 e. The molecule has 0 aromatic carbocycles. The number of thiophene rings is 1. The normalized spacial score (nSPS) is 10.6. The van der Waals surface area contributed by atoms with Gasteiger partial charge in [-0.15, -0.1) is 11.3 Å². The molecule has 0 saturated carbocycles. The lowest BCUT2D eigenvalue weighted by Gasteiger charge is -2.18. The second kappa shape index (κ2) is 5.30. The van der Waals surface area contributed by atoms with Gasteiger partial charge in [-0.2, -0.15) is 15.0 Å². The van der Waals surface area contributed by atoms with Crippen molar-refractivity contribution in [3.05, 3.63) is 16.3 Å². The molecule has 0 saturated heterocycles. The SMILES string of the molecule is CCN(CC)c1nc(N)nc(-c2ccsc2C)n1. The molecule has 2 N–H and O–H groups in total. The van der Waals surface area contributed by atoms with Crippen LogP contribution in [0.5, 0.6) is 0 Å². The van der Waals surface area contributed by atoms with Crippen LogP contribution in [-0.4, -0.2) is 28.0 Å². The Kier molecular flexibility index (Phi) is 3.76. The monoisotopic (exact) mass is 263 g/mol. The van der Waals surface area contributed by atoms with Crippen LogP contribution in [0.1, 0.15) is 18.7 Å². The summed E-state index contributed by atoms with van der Waals surface area (Å²) in [7, 11) is 0. The standard InChI is InChI=1S/C12H17N5S/c1-4-17(5-2)12-15-10(14-11(13)16-12)9-6-7-18-8(9)3/h6-7H,4-5H2,1-3H3,(H2,13,14,15,16). The Morgan fingerprint density at radius 2 is 1.94 bits per heavy atom. The molecule has 0 spiro atoms. The summed E-state index contributed by atoms with van der Waals surface area (Å²) in [6.07, 6.45) is 0. The van der Waals surface area contributed by atoms with E-state index < -0.39 is 0 Å². The molecule has 0 aliphatic rings. The van der Waals surface area contributed by atoms with E-state index in [9.17, 15) is 0 Å². The Balaban J connectivity index is 2.47. The Morgan fingerprint density at radius 3 is 2.50 bits per heavy atom. The van der Waals surface area contributed by atoms with Crippen LogP contribution in [0, 0.1) is 6.92 Å². The van der Waals surface area contributed by atoms with E-state index >= 15 is 0 Å². The third kappa shape index (κ3) is 2.43. The van der Waals surface area contributed by atoms with Gasteiger partial charge < -0.3 is 10.6 Å². The number of aromatic nitrogens is 3. The van der Waals surface area contributed by atoms with Gasteiger partial charge in [-0.1, -0.05) is 0 Å². The molecule has 0 atom stereocenters. The highest BCUT2D eigenvalue weighted by Gasteiger charge is 2.12. The first-order valence-corrected chi connectivity index (χ1v) is 6.84. The topological polar surface area (TPSA) is 67.9 Å². The Labute approximate surface area is 111 Å². The van der Waals surface area contributed by atoms with Crippen molar-refractivity contribution in [3.63, 3.8) is 0 Å². The van der Waals surface area contributed by atoms with Gasteiger partial charge in [0, 0.05) is 23.5 Å². The zero-order valence-corrected chi connectivity index (χ0v) is 11.7. The van der Waals surface area contributed by atoms with E-state index in [-0.39, 0.29) is 5.95 Å². The van der Waals surface area contributed by atoms with Gasteiger partial charge in [0.05, 0.1) is 0 Å². The molecule has 2 aromatic heterocycles. The lowest BCUT2D eigenvalue weighted by Crippen LogP contribution is -2.25. The molecular weight excluding hydrogens is 246 g/mol. The Bertz CT molecular complexity index is 533. The molecule has 0 amide bonds. The minimum atomic E-state index is 0.271. The number of nitrogen functional groups attached to an aromatic ring is 1. The lowest BCUT2D eigenvalue weighted by atomic mass is 10.2. The van der Waals surface area contributed by atoms with Crippen LogP contribution in [0.2, 0.25) is 0 Å². The summed E-state index contributed by atoms with van der Waals surface area (Å²) in [6.45, 7) is 7.89. The van der Waals surface area contributed by atoms with Crippen molar-refractivity contribution < 1.29 is 0 Å². The van der Waals surface area contributed by atoms with Gasteiger partial charge >= 0.3 is 0 Å². The maximum Gasteiger partial charge on any atom is 0.230 e. The van der Waals surface area contributed by atoms with E-state index in [4.69, 9.17) is 5.73 Å². The number of hydrogen-bond acceptors (Lipinski definition) is 6. The number of nitrogens with zero attached hydrogens (tertiary/aromatic N) is 4. The average Bonchev–Trinajstić information content (AvgIpc) is 2.76. The second-order valence-electron chi connectivity index (χ2n) is 3.88. The third-order valence-corrected chi connectivity index (χ3v) is 3.63. The van der Waals surface area contributed by atoms with Crippen LogP contribution in [0.25, 0.3) is 11.4 Å². The molecule has 0 fully saturated rings. The summed E-state index contributed by atoms with van der Waals surface area (Å²) in [5, 5.41) is 2.03. The van der Waals surface area contributed by atoms with Crippen molar-refractivity contribution in [1.29, 1.82) is 0 Å². The highest BCUT2D eigenvalue weighted by molar-refractivity contribution is 7.10.